The number of ether oxygens (including phenoxy) is 1. The van der Waals surface area contributed by atoms with E-state index in [1.165, 1.54) is 16.4 Å². The first kappa shape index (κ1) is 22.7. The largest absolute Gasteiger partial charge is 0.483 e. The highest BCUT2D eigenvalue weighted by Gasteiger charge is 2.33. The maximum atomic E-state index is 12.9. The van der Waals surface area contributed by atoms with E-state index >= 15 is 0 Å². The van der Waals surface area contributed by atoms with Gasteiger partial charge in [-0.3, -0.25) is 20.1 Å². The lowest BCUT2D eigenvalue weighted by molar-refractivity contribution is -0.386. The summed E-state index contributed by atoms with van der Waals surface area (Å²) in [5.41, 5.74) is 0.357. The van der Waals surface area contributed by atoms with Gasteiger partial charge in [0, 0.05) is 19.2 Å². The Morgan fingerprint density at radius 1 is 1.16 bits per heavy atom. The van der Waals surface area contributed by atoms with Crippen molar-refractivity contribution in [2.24, 2.45) is 0 Å². The van der Waals surface area contributed by atoms with Crippen molar-refractivity contribution in [2.75, 3.05) is 18.8 Å². The molecule has 2 aromatic rings. The van der Waals surface area contributed by atoms with Crippen molar-refractivity contribution in [3.8, 4) is 5.75 Å². The van der Waals surface area contributed by atoms with Gasteiger partial charge in [0.1, 0.15) is 6.10 Å². The highest BCUT2D eigenvalue weighted by atomic mass is 32.2. The van der Waals surface area contributed by atoms with Crippen molar-refractivity contribution in [3.63, 3.8) is 0 Å². The van der Waals surface area contributed by atoms with E-state index < -0.39 is 26.7 Å². The number of rotatable bonds is 9. The summed E-state index contributed by atoms with van der Waals surface area (Å²) in [6.45, 7) is 0.337. The monoisotopic (exact) mass is 449 g/mol. The third-order valence-electron chi connectivity index (χ3n) is 5.13. The second-order valence-electron chi connectivity index (χ2n) is 7.13. The standard InChI is InChI=1S/C20H23N3O7S/c24-15-22(25)19(16-6-2-1-3-7-16)14-31(28,29)21-12-10-17(11-13-21)30-20-9-5-4-8-18(20)23(26)27/h1-9,15,17,19,25H,10-14H2. The van der Waals surface area contributed by atoms with Crippen molar-refractivity contribution < 1.29 is 28.1 Å². The Bertz CT molecular complexity index is 1010. The molecule has 0 aliphatic carbocycles. The van der Waals surface area contributed by atoms with Crippen LogP contribution in [0.1, 0.15) is 24.4 Å². The summed E-state index contributed by atoms with van der Waals surface area (Å²) >= 11 is 0. The Balaban J connectivity index is 1.65. The molecular formula is C20H23N3O7S. The lowest BCUT2D eigenvalue weighted by atomic mass is 10.1. The van der Waals surface area contributed by atoms with Gasteiger partial charge in [-0.15, -0.1) is 0 Å². The van der Waals surface area contributed by atoms with Gasteiger partial charge >= 0.3 is 5.69 Å². The van der Waals surface area contributed by atoms with Gasteiger partial charge in [0.2, 0.25) is 16.4 Å². The van der Waals surface area contributed by atoms with Crippen LogP contribution in [0.4, 0.5) is 5.69 Å². The second-order valence-corrected chi connectivity index (χ2v) is 9.15. The van der Waals surface area contributed by atoms with E-state index in [4.69, 9.17) is 4.74 Å². The summed E-state index contributed by atoms with van der Waals surface area (Å²) in [5.74, 6) is -0.318. The lowest BCUT2D eigenvalue weighted by Crippen LogP contribution is -2.44. The number of nitro groups is 1. The number of sulfonamides is 1. The zero-order valence-corrected chi connectivity index (χ0v) is 17.4. The van der Waals surface area contributed by atoms with Gasteiger partial charge in [-0.25, -0.2) is 17.8 Å². The molecular weight excluding hydrogens is 426 g/mol. The first-order valence-electron chi connectivity index (χ1n) is 9.67. The van der Waals surface area contributed by atoms with Gasteiger partial charge in [0.15, 0.2) is 5.75 Å². The zero-order chi connectivity index (χ0) is 22.4. The number of benzene rings is 2. The third-order valence-corrected chi connectivity index (χ3v) is 7.02. The molecule has 1 aliphatic heterocycles. The van der Waals surface area contributed by atoms with Crippen LogP contribution in [-0.4, -0.2) is 59.3 Å². The molecule has 1 saturated heterocycles. The minimum Gasteiger partial charge on any atom is -0.483 e. The van der Waals surface area contributed by atoms with Crippen LogP contribution in [0.25, 0.3) is 0 Å². The fraction of sp³-hybridized carbons (Fsp3) is 0.350. The Morgan fingerprint density at radius 3 is 2.39 bits per heavy atom. The molecule has 10 nitrogen and oxygen atoms in total. The summed E-state index contributed by atoms with van der Waals surface area (Å²) in [5, 5.41) is 21.4. The summed E-state index contributed by atoms with van der Waals surface area (Å²) in [6, 6.07) is 13.4. The van der Waals surface area contributed by atoms with E-state index in [1.54, 1.807) is 42.5 Å². The van der Waals surface area contributed by atoms with Gasteiger partial charge in [0.05, 0.1) is 16.7 Å². The van der Waals surface area contributed by atoms with Crippen LogP contribution in [0, 0.1) is 10.1 Å². The summed E-state index contributed by atoms with van der Waals surface area (Å²) < 4.78 is 32.9. The molecule has 1 fully saturated rings. The number of para-hydroxylation sites is 2. The van der Waals surface area contributed by atoms with E-state index in [2.05, 4.69) is 0 Å². The summed E-state index contributed by atoms with van der Waals surface area (Å²) in [6.07, 6.45) is 0.539. The molecule has 1 heterocycles. The normalized spacial score (nSPS) is 16.4. The molecule has 2 aromatic carbocycles. The molecule has 11 heteroatoms. The zero-order valence-electron chi connectivity index (χ0n) is 16.6. The second kappa shape index (κ2) is 9.86. The number of hydrogen-bond donors (Lipinski definition) is 1. The molecule has 166 valence electrons. The average Bonchev–Trinajstić information content (AvgIpc) is 2.78. The number of hydroxylamine groups is 2. The van der Waals surface area contributed by atoms with E-state index in [-0.39, 0.29) is 37.0 Å². The van der Waals surface area contributed by atoms with E-state index in [0.717, 1.165) is 0 Å². The molecule has 3 rings (SSSR count). The van der Waals surface area contributed by atoms with Crippen LogP contribution in [0.3, 0.4) is 0 Å². The van der Waals surface area contributed by atoms with Crippen LogP contribution in [0.5, 0.6) is 5.75 Å². The number of carbonyl (C=O) groups is 1. The van der Waals surface area contributed by atoms with Crippen molar-refractivity contribution >= 4 is 22.1 Å². The van der Waals surface area contributed by atoms with Crippen molar-refractivity contribution in [2.45, 2.75) is 25.0 Å². The van der Waals surface area contributed by atoms with Crippen LogP contribution in [0.2, 0.25) is 0 Å². The Morgan fingerprint density at radius 2 is 1.77 bits per heavy atom. The highest BCUT2D eigenvalue weighted by Crippen LogP contribution is 2.30. The highest BCUT2D eigenvalue weighted by molar-refractivity contribution is 7.89. The topological polar surface area (TPSA) is 130 Å². The van der Waals surface area contributed by atoms with Gasteiger partial charge in [-0.2, -0.15) is 0 Å². The molecule has 1 unspecified atom stereocenters. The minimum atomic E-state index is -3.79. The number of hydrogen-bond acceptors (Lipinski definition) is 7. The van der Waals surface area contributed by atoms with Crippen LogP contribution >= 0.6 is 0 Å². The van der Waals surface area contributed by atoms with Crippen LogP contribution in [-0.2, 0) is 14.8 Å². The molecule has 0 aromatic heterocycles. The number of carbonyl (C=O) groups excluding carboxylic acids is 1. The number of piperidine rings is 1. The first-order chi connectivity index (χ1) is 14.8. The smallest absolute Gasteiger partial charge is 0.310 e. The van der Waals surface area contributed by atoms with Gasteiger partial charge in [-0.05, 0) is 24.5 Å². The first-order valence-corrected chi connectivity index (χ1v) is 11.3. The van der Waals surface area contributed by atoms with Crippen molar-refractivity contribution in [1.82, 2.24) is 9.37 Å². The number of nitrogens with zero attached hydrogens (tertiary/aromatic N) is 3. The summed E-state index contributed by atoms with van der Waals surface area (Å²) in [4.78, 5) is 21.7. The predicted octanol–water partition coefficient (Wildman–Crippen LogP) is 2.36. The average molecular weight is 449 g/mol. The fourth-order valence-corrected chi connectivity index (χ4v) is 5.22. The van der Waals surface area contributed by atoms with Crippen molar-refractivity contribution in [1.29, 1.82) is 0 Å². The minimum absolute atomic E-state index is 0.139. The van der Waals surface area contributed by atoms with Crippen LogP contribution < -0.4 is 4.74 Å². The van der Waals surface area contributed by atoms with Gasteiger partial charge in [-0.1, -0.05) is 42.5 Å². The van der Waals surface area contributed by atoms with Crippen LogP contribution in [0.15, 0.2) is 54.6 Å². The molecule has 0 radical (unpaired) electrons. The third kappa shape index (κ3) is 5.57. The summed E-state index contributed by atoms with van der Waals surface area (Å²) in [7, 11) is -3.79. The molecule has 1 atom stereocenters. The number of amides is 1. The maximum absolute atomic E-state index is 12.9. The molecule has 1 aliphatic rings. The quantitative estimate of drug-likeness (QED) is 0.269. The molecule has 31 heavy (non-hydrogen) atoms. The van der Waals surface area contributed by atoms with E-state index in [1.807, 2.05) is 0 Å². The number of nitro benzene ring substituents is 1. The molecule has 0 bridgehead atoms. The Hall–Kier alpha value is -3.02. The van der Waals surface area contributed by atoms with Crippen molar-refractivity contribution in [3.05, 3.63) is 70.3 Å². The fourth-order valence-electron chi connectivity index (χ4n) is 3.49. The molecule has 0 saturated carbocycles. The molecule has 0 spiro atoms. The Labute approximate surface area is 179 Å². The van der Waals surface area contributed by atoms with E-state index in [9.17, 15) is 28.5 Å². The Kier molecular flexibility index (Phi) is 7.21. The molecule has 1 amide bonds. The van der Waals surface area contributed by atoms with Gasteiger partial charge < -0.3 is 4.74 Å². The van der Waals surface area contributed by atoms with Gasteiger partial charge in [0.25, 0.3) is 0 Å². The molecule has 1 N–H and O–H groups in total. The predicted molar refractivity (Wildman–Crippen MR) is 111 cm³/mol. The van der Waals surface area contributed by atoms with E-state index in [0.29, 0.717) is 23.5 Å². The lowest BCUT2D eigenvalue weighted by Gasteiger charge is -2.33. The SMILES string of the molecule is O=CN(O)C(CS(=O)(=O)N1CCC(Oc2ccccc2[N+](=O)[O-])CC1)c1ccccc1. The maximum Gasteiger partial charge on any atom is 0.310 e.